The van der Waals surface area contributed by atoms with Crippen LogP contribution in [-0.4, -0.2) is 21.1 Å². The summed E-state index contributed by atoms with van der Waals surface area (Å²) in [5.74, 6) is 1.22. The Morgan fingerprint density at radius 3 is 2.72 bits per heavy atom. The predicted molar refractivity (Wildman–Crippen MR) is 63.8 cm³/mol. The lowest BCUT2D eigenvalue weighted by Gasteiger charge is -2.10. The lowest BCUT2D eigenvalue weighted by atomic mass is 10.3. The molecule has 0 saturated carbocycles. The van der Waals surface area contributed by atoms with Gasteiger partial charge in [-0.25, -0.2) is 4.98 Å². The average Bonchev–Trinajstić information content (AvgIpc) is 2.76. The van der Waals surface area contributed by atoms with Crippen LogP contribution in [0.25, 0.3) is 0 Å². The van der Waals surface area contributed by atoms with E-state index in [0.717, 1.165) is 5.76 Å². The number of amides is 1. The maximum Gasteiger partial charge on any atom is 0.269 e. The molecule has 7 nitrogen and oxygen atoms in total. The second-order valence-corrected chi connectivity index (χ2v) is 3.84. The monoisotopic (exact) mass is 247 g/mol. The van der Waals surface area contributed by atoms with Crippen molar-refractivity contribution in [3.05, 3.63) is 35.7 Å². The first kappa shape index (κ1) is 12.0. The van der Waals surface area contributed by atoms with Crippen LogP contribution < -0.4 is 11.1 Å². The van der Waals surface area contributed by atoms with Gasteiger partial charge in [-0.1, -0.05) is 0 Å². The van der Waals surface area contributed by atoms with Gasteiger partial charge >= 0.3 is 0 Å². The van der Waals surface area contributed by atoms with Crippen molar-refractivity contribution in [3.63, 3.8) is 0 Å². The van der Waals surface area contributed by atoms with Crippen LogP contribution in [0.4, 0.5) is 5.82 Å². The van der Waals surface area contributed by atoms with Crippen LogP contribution in [0.15, 0.2) is 22.7 Å². The van der Waals surface area contributed by atoms with E-state index in [1.165, 1.54) is 6.07 Å². The van der Waals surface area contributed by atoms with Crippen molar-refractivity contribution in [2.45, 2.75) is 19.9 Å². The third kappa shape index (κ3) is 2.62. The molecule has 1 unspecified atom stereocenters. The molecular weight excluding hydrogens is 234 g/mol. The number of rotatable bonds is 4. The lowest BCUT2D eigenvalue weighted by Crippen LogP contribution is -2.15. The van der Waals surface area contributed by atoms with Crippen LogP contribution in [0.1, 0.15) is 35.1 Å². The van der Waals surface area contributed by atoms with Crippen molar-refractivity contribution < 1.29 is 9.21 Å². The van der Waals surface area contributed by atoms with Gasteiger partial charge in [0.2, 0.25) is 5.89 Å². The molecule has 0 fully saturated rings. The van der Waals surface area contributed by atoms with Gasteiger partial charge in [0.05, 0.1) is 6.20 Å². The van der Waals surface area contributed by atoms with Gasteiger partial charge in [0.1, 0.15) is 17.6 Å². The average molecular weight is 247 g/mol. The van der Waals surface area contributed by atoms with Crippen molar-refractivity contribution >= 4 is 11.7 Å². The molecule has 2 rings (SSSR count). The Hall–Kier alpha value is -2.44. The normalized spacial score (nSPS) is 12.1. The summed E-state index contributed by atoms with van der Waals surface area (Å²) in [6.07, 6.45) is 1.65. The van der Waals surface area contributed by atoms with E-state index in [1.54, 1.807) is 12.3 Å². The summed E-state index contributed by atoms with van der Waals surface area (Å²) in [6, 6.07) is 2.98. The summed E-state index contributed by atoms with van der Waals surface area (Å²) < 4.78 is 5.38. The minimum Gasteiger partial charge on any atom is -0.444 e. The van der Waals surface area contributed by atoms with Crippen LogP contribution in [0.3, 0.4) is 0 Å². The van der Waals surface area contributed by atoms with Crippen LogP contribution in [0.5, 0.6) is 0 Å². The SMILES string of the molecule is Cc1cnc(C(C)Nc2ccc(C(N)=O)nn2)o1. The minimum absolute atomic E-state index is 0.125. The number of nitrogens with one attached hydrogen (secondary N) is 1. The van der Waals surface area contributed by atoms with Gasteiger partial charge in [0.25, 0.3) is 5.91 Å². The number of nitrogens with two attached hydrogens (primary N) is 1. The fourth-order valence-electron chi connectivity index (χ4n) is 1.40. The predicted octanol–water partition coefficient (Wildman–Crippen LogP) is 1.05. The number of nitrogens with zero attached hydrogens (tertiary/aromatic N) is 3. The molecule has 2 heterocycles. The number of primary amides is 1. The van der Waals surface area contributed by atoms with Crippen molar-refractivity contribution in [1.82, 2.24) is 15.2 Å². The summed E-state index contributed by atoms with van der Waals surface area (Å²) in [4.78, 5) is 14.9. The summed E-state index contributed by atoms with van der Waals surface area (Å²) in [7, 11) is 0. The van der Waals surface area contributed by atoms with Crippen molar-refractivity contribution in [2.75, 3.05) is 5.32 Å². The van der Waals surface area contributed by atoms with Gasteiger partial charge in [-0.15, -0.1) is 10.2 Å². The first-order valence-corrected chi connectivity index (χ1v) is 5.38. The number of anilines is 1. The number of hydrogen-bond acceptors (Lipinski definition) is 6. The highest BCUT2D eigenvalue weighted by molar-refractivity contribution is 5.90. The molecule has 94 valence electrons. The zero-order valence-corrected chi connectivity index (χ0v) is 10.0. The van der Waals surface area contributed by atoms with Crippen LogP contribution in [-0.2, 0) is 0 Å². The number of aryl methyl sites for hydroxylation is 1. The molecule has 0 spiro atoms. The number of aromatic nitrogens is 3. The highest BCUT2D eigenvalue weighted by Gasteiger charge is 2.12. The van der Waals surface area contributed by atoms with E-state index in [4.69, 9.17) is 10.2 Å². The molecule has 0 aliphatic rings. The zero-order valence-electron chi connectivity index (χ0n) is 10.0. The molecule has 7 heteroatoms. The minimum atomic E-state index is -0.606. The fraction of sp³-hybridized carbons (Fsp3) is 0.273. The van der Waals surface area contributed by atoms with E-state index in [0.29, 0.717) is 11.7 Å². The highest BCUT2D eigenvalue weighted by atomic mass is 16.4. The molecular formula is C11H13N5O2. The quantitative estimate of drug-likeness (QED) is 0.836. The first-order chi connectivity index (χ1) is 8.56. The van der Waals surface area contributed by atoms with Crippen molar-refractivity contribution in [2.24, 2.45) is 5.73 Å². The molecule has 2 aromatic rings. The molecule has 0 aromatic carbocycles. The van der Waals surface area contributed by atoms with Crippen molar-refractivity contribution in [1.29, 1.82) is 0 Å². The molecule has 0 aliphatic heterocycles. The number of carbonyl (C=O) groups is 1. The molecule has 0 aliphatic carbocycles. The van der Waals surface area contributed by atoms with Gasteiger partial charge in [-0.3, -0.25) is 4.79 Å². The number of hydrogen-bond donors (Lipinski definition) is 2. The Kier molecular flexibility index (Phi) is 3.22. The molecule has 0 saturated heterocycles. The lowest BCUT2D eigenvalue weighted by molar-refractivity contribution is 0.0994. The Balaban J connectivity index is 2.07. The van der Waals surface area contributed by atoms with Gasteiger partial charge in [0, 0.05) is 0 Å². The maximum atomic E-state index is 10.8. The van der Waals surface area contributed by atoms with Gasteiger partial charge in [-0.05, 0) is 26.0 Å². The summed E-state index contributed by atoms with van der Waals surface area (Å²) in [6.45, 7) is 3.71. The highest BCUT2D eigenvalue weighted by Crippen LogP contribution is 2.16. The molecule has 1 atom stereocenters. The number of oxazole rings is 1. The standard InChI is InChI=1S/C11H13N5O2/c1-6-5-13-11(18-6)7(2)14-9-4-3-8(10(12)17)15-16-9/h3-5,7H,1-2H3,(H2,12,17)(H,14,16). The smallest absolute Gasteiger partial charge is 0.269 e. The Bertz CT molecular complexity index is 549. The summed E-state index contributed by atoms with van der Waals surface area (Å²) >= 11 is 0. The fourth-order valence-corrected chi connectivity index (χ4v) is 1.40. The Labute approximate surface area is 103 Å². The van der Waals surface area contributed by atoms with Crippen LogP contribution >= 0.6 is 0 Å². The van der Waals surface area contributed by atoms with E-state index >= 15 is 0 Å². The van der Waals surface area contributed by atoms with E-state index in [2.05, 4.69) is 20.5 Å². The first-order valence-electron chi connectivity index (χ1n) is 5.38. The van der Waals surface area contributed by atoms with E-state index in [1.807, 2.05) is 13.8 Å². The second kappa shape index (κ2) is 4.82. The molecule has 1 amide bonds. The van der Waals surface area contributed by atoms with Gasteiger partial charge in [0.15, 0.2) is 5.69 Å². The van der Waals surface area contributed by atoms with E-state index < -0.39 is 5.91 Å². The Morgan fingerprint density at radius 2 is 2.22 bits per heavy atom. The second-order valence-electron chi connectivity index (χ2n) is 3.84. The Morgan fingerprint density at radius 1 is 1.44 bits per heavy atom. The zero-order chi connectivity index (χ0) is 13.1. The summed E-state index contributed by atoms with van der Waals surface area (Å²) in [5, 5.41) is 10.6. The van der Waals surface area contributed by atoms with Gasteiger partial charge < -0.3 is 15.5 Å². The van der Waals surface area contributed by atoms with Crippen LogP contribution in [0, 0.1) is 6.92 Å². The molecule has 0 radical (unpaired) electrons. The molecule has 3 N–H and O–H groups in total. The third-order valence-corrected chi connectivity index (χ3v) is 2.29. The van der Waals surface area contributed by atoms with Crippen molar-refractivity contribution in [3.8, 4) is 0 Å². The van der Waals surface area contributed by atoms with E-state index in [-0.39, 0.29) is 11.7 Å². The molecule has 0 bridgehead atoms. The number of carbonyl (C=O) groups excluding carboxylic acids is 1. The largest absolute Gasteiger partial charge is 0.444 e. The third-order valence-electron chi connectivity index (χ3n) is 2.29. The topological polar surface area (TPSA) is 107 Å². The van der Waals surface area contributed by atoms with Gasteiger partial charge in [-0.2, -0.15) is 0 Å². The van der Waals surface area contributed by atoms with Crippen LogP contribution in [0.2, 0.25) is 0 Å². The maximum absolute atomic E-state index is 10.8. The van der Waals surface area contributed by atoms with E-state index in [9.17, 15) is 4.79 Å². The molecule has 18 heavy (non-hydrogen) atoms. The molecule has 2 aromatic heterocycles. The summed E-state index contributed by atoms with van der Waals surface area (Å²) in [5.41, 5.74) is 5.20.